The summed E-state index contributed by atoms with van der Waals surface area (Å²) in [5, 5.41) is 0. The van der Waals surface area contributed by atoms with Crippen LogP contribution in [0.2, 0.25) is 0 Å². The number of rotatable bonds is 5. The SMILES string of the molecule is CC(C)(C)S(=O)(=O)CC1CCC(C(=O)Cc2cc(F)cc(F)c2)CC1. The van der Waals surface area contributed by atoms with E-state index in [9.17, 15) is 22.0 Å². The molecule has 0 saturated heterocycles. The first kappa shape index (κ1) is 20.0. The minimum atomic E-state index is -3.16. The van der Waals surface area contributed by atoms with Crippen LogP contribution >= 0.6 is 0 Å². The van der Waals surface area contributed by atoms with E-state index in [4.69, 9.17) is 0 Å². The van der Waals surface area contributed by atoms with Gasteiger partial charge in [0, 0.05) is 18.4 Å². The number of benzene rings is 1. The van der Waals surface area contributed by atoms with Crippen molar-refractivity contribution in [2.75, 3.05) is 5.75 Å². The molecule has 0 amide bonds. The van der Waals surface area contributed by atoms with E-state index < -0.39 is 26.2 Å². The summed E-state index contributed by atoms with van der Waals surface area (Å²) in [6.45, 7) is 5.11. The van der Waals surface area contributed by atoms with Crippen molar-refractivity contribution in [2.24, 2.45) is 11.8 Å². The number of ketones is 1. The third kappa shape index (κ3) is 5.33. The van der Waals surface area contributed by atoms with Gasteiger partial charge in [-0.05, 0) is 70.1 Å². The normalized spacial score (nSPS) is 22.0. The Kier molecular flexibility index (Phi) is 6.02. The van der Waals surface area contributed by atoms with E-state index in [1.807, 2.05) is 0 Å². The third-order valence-corrected chi connectivity index (χ3v) is 7.77. The van der Waals surface area contributed by atoms with Gasteiger partial charge in [-0.3, -0.25) is 4.79 Å². The summed E-state index contributed by atoms with van der Waals surface area (Å²) in [4.78, 5) is 12.4. The number of Topliss-reactive ketones (excluding diaryl/α,β-unsaturated/α-hetero) is 1. The van der Waals surface area contributed by atoms with Crippen molar-refractivity contribution in [3.05, 3.63) is 35.4 Å². The Morgan fingerprint density at radius 3 is 2.04 bits per heavy atom. The van der Waals surface area contributed by atoms with Gasteiger partial charge in [0.25, 0.3) is 0 Å². The van der Waals surface area contributed by atoms with Crippen LogP contribution in [-0.4, -0.2) is 24.7 Å². The smallest absolute Gasteiger partial charge is 0.155 e. The minimum Gasteiger partial charge on any atom is -0.299 e. The van der Waals surface area contributed by atoms with E-state index in [2.05, 4.69) is 0 Å². The fourth-order valence-electron chi connectivity index (χ4n) is 3.27. The maximum atomic E-state index is 13.2. The lowest BCUT2D eigenvalue weighted by Gasteiger charge is -2.30. The standard InChI is InChI=1S/C19H26F2O3S/c1-19(2,3)25(23,24)12-13-4-6-15(7-5-13)18(22)10-14-8-16(20)11-17(21)9-14/h8-9,11,13,15H,4-7,10,12H2,1-3H3. The van der Waals surface area contributed by atoms with Crippen LogP contribution in [0.5, 0.6) is 0 Å². The van der Waals surface area contributed by atoms with Crippen molar-refractivity contribution in [3.63, 3.8) is 0 Å². The van der Waals surface area contributed by atoms with E-state index in [1.54, 1.807) is 20.8 Å². The molecule has 0 heterocycles. The molecule has 1 aliphatic carbocycles. The fraction of sp³-hybridized carbons (Fsp3) is 0.632. The maximum Gasteiger partial charge on any atom is 0.155 e. The third-order valence-electron chi connectivity index (χ3n) is 4.99. The van der Waals surface area contributed by atoms with Gasteiger partial charge >= 0.3 is 0 Å². The topological polar surface area (TPSA) is 51.2 Å². The Morgan fingerprint density at radius 2 is 1.56 bits per heavy atom. The number of carbonyl (C=O) groups is 1. The average Bonchev–Trinajstić information content (AvgIpc) is 2.45. The zero-order chi connectivity index (χ0) is 18.8. The van der Waals surface area contributed by atoms with Crippen LogP contribution in [0.15, 0.2) is 18.2 Å². The first-order chi connectivity index (χ1) is 11.5. The lowest BCUT2D eigenvalue weighted by atomic mass is 9.79. The number of hydrogen-bond donors (Lipinski definition) is 0. The van der Waals surface area contributed by atoms with Gasteiger partial charge in [0.15, 0.2) is 9.84 Å². The predicted molar refractivity (Wildman–Crippen MR) is 94.1 cm³/mol. The highest BCUT2D eigenvalue weighted by atomic mass is 32.2. The fourth-order valence-corrected chi connectivity index (χ4v) is 4.72. The molecule has 0 spiro atoms. The molecular weight excluding hydrogens is 346 g/mol. The summed E-state index contributed by atoms with van der Waals surface area (Å²) in [5.41, 5.74) is 0.347. The second-order valence-electron chi connectivity index (χ2n) is 8.03. The molecule has 1 aliphatic rings. The van der Waals surface area contributed by atoms with Crippen LogP contribution in [0.25, 0.3) is 0 Å². The highest BCUT2D eigenvalue weighted by Crippen LogP contribution is 2.33. The molecule has 6 heteroatoms. The van der Waals surface area contributed by atoms with Gasteiger partial charge < -0.3 is 0 Å². The Morgan fingerprint density at radius 1 is 1.04 bits per heavy atom. The molecular formula is C19H26F2O3S. The van der Waals surface area contributed by atoms with Gasteiger partial charge in [0.1, 0.15) is 17.4 Å². The second kappa shape index (κ2) is 7.52. The van der Waals surface area contributed by atoms with E-state index in [-0.39, 0.29) is 29.8 Å². The number of hydrogen-bond acceptors (Lipinski definition) is 3. The Labute approximate surface area is 148 Å². The van der Waals surface area contributed by atoms with Crippen molar-refractivity contribution in [1.82, 2.24) is 0 Å². The van der Waals surface area contributed by atoms with Gasteiger partial charge in [-0.2, -0.15) is 0 Å². The zero-order valence-corrected chi connectivity index (χ0v) is 15.8. The van der Waals surface area contributed by atoms with Gasteiger partial charge in [-0.15, -0.1) is 0 Å². The largest absolute Gasteiger partial charge is 0.299 e. The molecule has 140 valence electrons. The molecule has 0 aliphatic heterocycles. The number of sulfone groups is 1. The van der Waals surface area contributed by atoms with E-state index >= 15 is 0 Å². The lowest BCUT2D eigenvalue weighted by molar-refractivity contribution is -0.123. The molecule has 1 aromatic carbocycles. The molecule has 0 bridgehead atoms. The molecule has 1 saturated carbocycles. The van der Waals surface area contributed by atoms with Crippen molar-refractivity contribution >= 4 is 15.6 Å². The number of carbonyl (C=O) groups excluding carboxylic acids is 1. The van der Waals surface area contributed by atoms with Crippen molar-refractivity contribution in [3.8, 4) is 0 Å². The first-order valence-corrected chi connectivity index (χ1v) is 10.3. The van der Waals surface area contributed by atoms with Gasteiger partial charge in [0.05, 0.1) is 10.5 Å². The summed E-state index contributed by atoms with van der Waals surface area (Å²) >= 11 is 0. The predicted octanol–water partition coefficient (Wildman–Crippen LogP) is 4.10. The maximum absolute atomic E-state index is 13.2. The molecule has 0 radical (unpaired) electrons. The molecule has 25 heavy (non-hydrogen) atoms. The molecule has 1 fully saturated rings. The molecule has 0 atom stereocenters. The Hall–Kier alpha value is -1.30. The van der Waals surface area contributed by atoms with Crippen LogP contribution in [0, 0.1) is 23.5 Å². The molecule has 2 rings (SSSR count). The zero-order valence-electron chi connectivity index (χ0n) is 15.0. The monoisotopic (exact) mass is 372 g/mol. The summed E-state index contributed by atoms with van der Waals surface area (Å²) in [7, 11) is -3.16. The summed E-state index contributed by atoms with van der Waals surface area (Å²) in [5.74, 6) is -1.30. The van der Waals surface area contributed by atoms with Gasteiger partial charge in [-0.25, -0.2) is 17.2 Å². The van der Waals surface area contributed by atoms with Crippen LogP contribution in [-0.2, 0) is 21.1 Å². The van der Waals surface area contributed by atoms with Crippen LogP contribution in [0.3, 0.4) is 0 Å². The summed E-state index contributed by atoms with van der Waals surface area (Å²) < 4.78 is 50.3. The second-order valence-corrected chi connectivity index (χ2v) is 10.8. The van der Waals surface area contributed by atoms with Crippen LogP contribution < -0.4 is 0 Å². The first-order valence-electron chi connectivity index (χ1n) is 8.68. The molecule has 3 nitrogen and oxygen atoms in total. The van der Waals surface area contributed by atoms with Gasteiger partial charge in [-0.1, -0.05) is 0 Å². The Balaban J connectivity index is 1.90. The molecule has 0 N–H and O–H groups in total. The highest BCUT2D eigenvalue weighted by Gasteiger charge is 2.34. The minimum absolute atomic E-state index is 0.0182. The van der Waals surface area contributed by atoms with Gasteiger partial charge in [0.2, 0.25) is 0 Å². The van der Waals surface area contributed by atoms with Crippen molar-refractivity contribution in [2.45, 2.75) is 57.6 Å². The molecule has 0 unspecified atom stereocenters. The quantitative estimate of drug-likeness (QED) is 0.782. The molecule has 0 aromatic heterocycles. The molecule has 1 aromatic rings. The van der Waals surface area contributed by atoms with E-state index in [0.717, 1.165) is 6.07 Å². The summed E-state index contributed by atoms with van der Waals surface area (Å²) in [6, 6.07) is 3.15. The van der Waals surface area contributed by atoms with Crippen molar-refractivity contribution < 1.29 is 22.0 Å². The number of halogens is 2. The lowest BCUT2D eigenvalue weighted by Crippen LogP contribution is -2.35. The van der Waals surface area contributed by atoms with Crippen LogP contribution in [0.1, 0.15) is 52.0 Å². The van der Waals surface area contributed by atoms with E-state index in [0.29, 0.717) is 31.2 Å². The summed E-state index contributed by atoms with van der Waals surface area (Å²) in [6.07, 6.45) is 2.69. The van der Waals surface area contributed by atoms with E-state index in [1.165, 1.54) is 12.1 Å². The van der Waals surface area contributed by atoms with Crippen molar-refractivity contribution in [1.29, 1.82) is 0 Å². The average molecular weight is 372 g/mol. The van der Waals surface area contributed by atoms with Crippen LogP contribution in [0.4, 0.5) is 8.78 Å². The Bertz CT molecular complexity index is 707. The highest BCUT2D eigenvalue weighted by molar-refractivity contribution is 7.92.